The fourth-order valence-corrected chi connectivity index (χ4v) is 7.62. The van der Waals surface area contributed by atoms with Crippen molar-refractivity contribution in [3.05, 3.63) is 48.5 Å². The Hall–Kier alpha value is -3.20. The Kier molecular flexibility index (Phi) is 10.9. The first-order valence-corrected chi connectivity index (χ1v) is 16.7. The zero-order valence-corrected chi connectivity index (χ0v) is 29.0. The van der Waals surface area contributed by atoms with Crippen molar-refractivity contribution in [2.45, 2.75) is 92.2 Å². The van der Waals surface area contributed by atoms with E-state index in [0.29, 0.717) is 34.7 Å². The van der Waals surface area contributed by atoms with Crippen molar-refractivity contribution in [3.63, 3.8) is 0 Å². The van der Waals surface area contributed by atoms with Crippen LogP contribution in [0.3, 0.4) is 0 Å². The van der Waals surface area contributed by atoms with Crippen LogP contribution in [0, 0.1) is 34.5 Å². The molecule has 0 saturated heterocycles. The summed E-state index contributed by atoms with van der Waals surface area (Å²) in [6.07, 6.45) is 7.64. The molecule has 0 N–H and O–H groups in total. The summed E-state index contributed by atoms with van der Waals surface area (Å²) < 4.78 is 0. The highest BCUT2D eigenvalue weighted by Crippen LogP contribution is 2.66. The molecule has 3 saturated carbocycles. The average Bonchev–Trinajstić information content (AvgIpc) is 3.32. The van der Waals surface area contributed by atoms with Crippen molar-refractivity contribution < 1.29 is 0 Å². The van der Waals surface area contributed by atoms with Gasteiger partial charge in [-0.3, -0.25) is 0 Å². The molecule has 6 nitrogen and oxygen atoms in total. The summed E-state index contributed by atoms with van der Waals surface area (Å²) in [5.41, 5.74) is 4.90. The number of rotatable bonds is 7. The van der Waals surface area contributed by atoms with Gasteiger partial charge in [-0.1, -0.05) is 48.0 Å². The Balaban J connectivity index is 0.000000201. The molecule has 0 spiro atoms. The van der Waals surface area contributed by atoms with E-state index in [1.54, 1.807) is 0 Å². The van der Waals surface area contributed by atoms with E-state index < -0.39 is 0 Å². The van der Waals surface area contributed by atoms with Crippen molar-refractivity contribution in [2.75, 3.05) is 38.0 Å². The van der Waals surface area contributed by atoms with Gasteiger partial charge < -0.3 is 9.80 Å². The van der Waals surface area contributed by atoms with Gasteiger partial charge in [-0.2, -0.15) is 9.98 Å². The lowest BCUT2D eigenvalue weighted by atomic mass is 9.69. The minimum Gasteiger partial charge on any atom is -0.378 e. The molecule has 2 aromatic carbocycles. The lowest BCUT2D eigenvalue weighted by molar-refractivity contribution is 0.137. The third-order valence-electron chi connectivity index (χ3n) is 11.3. The summed E-state index contributed by atoms with van der Waals surface area (Å²) in [5, 5.41) is 0. The van der Waals surface area contributed by atoms with Crippen LogP contribution in [0.1, 0.15) is 80.1 Å². The van der Waals surface area contributed by atoms with Crippen LogP contribution in [0.25, 0.3) is 0 Å². The molecule has 0 amide bonds. The van der Waals surface area contributed by atoms with Crippen LogP contribution in [-0.4, -0.2) is 52.3 Å². The van der Waals surface area contributed by atoms with Crippen LogP contribution < -0.4 is 9.80 Å². The highest BCUT2D eigenvalue weighted by molar-refractivity contribution is 5.58. The van der Waals surface area contributed by atoms with Gasteiger partial charge >= 0.3 is 0 Å². The van der Waals surface area contributed by atoms with E-state index in [2.05, 4.69) is 103 Å². The van der Waals surface area contributed by atoms with Gasteiger partial charge in [-0.15, -0.1) is 0 Å². The molecule has 5 rings (SSSR count). The van der Waals surface area contributed by atoms with E-state index in [0.717, 1.165) is 23.2 Å². The number of benzene rings is 2. The molecule has 3 aliphatic rings. The molecule has 0 aliphatic heterocycles. The van der Waals surface area contributed by atoms with Crippen molar-refractivity contribution in [2.24, 2.45) is 54.5 Å². The van der Waals surface area contributed by atoms with Crippen LogP contribution in [0.15, 0.2) is 68.5 Å². The Bertz CT molecular complexity index is 1340. The van der Waals surface area contributed by atoms with Gasteiger partial charge in [0, 0.05) is 39.6 Å². The molecule has 6 heteroatoms. The number of fused-ring (bicyclic) bond motifs is 2. The van der Waals surface area contributed by atoms with Gasteiger partial charge in [-0.05, 0) is 115 Å². The predicted molar refractivity (Wildman–Crippen MR) is 189 cm³/mol. The van der Waals surface area contributed by atoms with Crippen LogP contribution in [0.5, 0.6) is 0 Å². The van der Waals surface area contributed by atoms with Crippen molar-refractivity contribution in [1.82, 2.24) is 0 Å². The maximum absolute atomic E-state index is 4.70. The van der Waals surface area contributed by atoms with Gasteiger partial charge in [0.1, 0.15) is 0 Å². The summed E-state index contributed by atoms with van der Waals surface area (Å²) in [6.45, 7) is 14.2. The van der Waals surface area contributed by atoms with Crippen LogP contribution in [0.4, 0.5) is 22.7 Å². The zero-order valence-electron chi connectivity index (χ0n) is 29.0. The van der Waals surface area contributed by atoms with Gasteiger partial charge in [-0.25, -0.2) is 9.98 Å². The first-order valence-electron chi connectivity index (χ1n) is 16.7. The molecular weight excluding hydrogens is 540 g/mol. The third-order valence-corrected chi connectivity index (χ3v) is 11.3. The van der Waals surface area contributed by atoms with Gasteiger partial charge in [0.2, 0.25) is 0 Å². The molecule has 0 heterocycles. The van der Waals surface area contributed by atoms with Crippen molar-refractivity contribution in [3.8, 4) is 0 Å². The topological polar surface area (TPSA) is 55.9 Å². The Morgan fingerprint density at radius 2 is 1.25 bits per heavy atom. The SMILES string of the molecule is CC1CCC(C(C)C)C(N=C=Nc2ccc(N(C)C)cc2)C1.CN(C)c1ccc(N=C=NC2CC3CCC2(C)C3(C)C)cc1. The smallest absolute Gasteiger partial charge is 0.0952 e. The van der Waals surface area contributed by atoms with Gasteiger partial charge in [0.25, 0.3) is 0 Å². The zero-order chi connectivity index (χ0) is 32.1. The lowest BCUT2D eigenvalue weighted by Gasteiger charge is -2.36. The highest BCUT2D eigenvalue weighted by atomic mass is 15.1. The van der Waals surface area contributed by atoms with Crippen LogP contribution in [0.2, 0.25) is 0 Å². The molecule has 6 atom stereocenters. The summed E-state index contributed by atoms with van der Waals surface area (Å²) in [4.78, 5) is 22.3. The fourth-order valence-electron chi connectivity index (χ4n) is 7.62. The molecule has 238 valence electrons. The molecule has 3 aliphatic carbocycles. The molecule has 0 radical (unpaired) electrons. The predicted octanol–water partition coefficient (Wildman–Crippen LogP) is 9.79. The number of aliphatic imine (C=N–C) groups is 4. The summed E-state index contributed by atoms with van der Waals surface area (Å²) >= 11 is 0. The normalized spacial score (nSPS) is 28.2. The van der Waals surface area contributed by atoms with E-state index in [1.807, 2.05) is 52.5 Å². The second-order valence-electron chi connectivity index (χ2n) is 15.0. The van der Waals surface area contributed by atoms with Gasteiger partial charge in [0.15, 0.2) is 0 Å². The molecular formula is C38H56N6. The van der Waals surface area contributed by atoms with Gasteiger partial charge in [0.05, 0.1) is 35.5 Å². The van der Waals surface area contributed by atoms with Crippen molar-refractivity contribution in [1.29, 1.82) is 0 Å². The fraction of sp³-hybridized carbons (Fsp3) is 0.632. The monoisotopic (exact) mass is 596 g/mol. The molecule has 6 unspecified atom stereocenters. The first-order chi connectivity index (χ1) is 20.8. The molecule has 2 bridgehead atoms. The highest BCUT2D eigenvalue weighted by Gasteiger charge is 2.61. The minimum atomic E-state index is 0.314. The summed E-state index contributed by atoms with van der Waals surface area (Å²) in [7, 11) is 8.15. The second-order valence-corrected chi connectivity index (χ2v) is 15.0. The minimum absolute atomic E-state index is 0.314. The quantitative estimate of drug-likeness (QED) is 0.299. The number of hydrogen-bond acceptors (Lipinski definition) is 6. The number of anilines is 2. The third kappa shape index (κ3) is 7.71. The number of hydrogen-bond donors (Lipinski definition) is 0. The Morgan fingerprint density at radius 1 is 0.727 bits per heavy atom. The summed E-state index contributed by atoms with van der Waals surface area (Å²) in [5.74, 6) is 2.94. The maximum Gasteiger partial charge on any atom is 0.0952 e. The second kappa shape index (κ2) is 14.3. The van der Waals surface area contributed by atoms with E-state index in [1.165, 1.54) is 49.9 Å². The van der Waals surface area contributed by atoms with E-state index in [-0.39, 0.29) is 0 Å². The first kappa shape index (κ1) is 33.7. The van der Waals surface area contributed by atoms with E-state index >= 15 is 0 Å². The Labute approximate surface area is 267 Å². The van der Waals surface area contributed by atoms with Crippen LogP contribution >= 0.6 is 0 Å². The van der Waals surface area contributed by atoms with Crippen LogP contribution in [-0.2, 0) is 0 Å². The largest absolute Gasteiger partial charge is 0.378 e. The standard InChI is InChI=1S/C19H27N3.C19H29N3/c1-18(2)14-10-11-19(18,3)17(12-14)21-13-20-15-6-8-16(9-7-15)22(4)5;1-14(2)18-11-6-15(3)12-19(18)21-13-20-16-7-9-17(10-8-16)22(4)5/h6-9,14,17H,10-12H2,1-5H3;7-10,14-15,18-19H,6,11-12H2,1-5H3. The Morgan fingerprint density at radius 3 is 1.68 bits per heavy atom. The molecule has 2 aromatic rings. The van der Waals surface area contributed by atoms with E-state index in [9.17, 15) is 0 Å². The summed E-state index contributed by atoms with van der Waals surface area (Å²) in [6, 6.07) is 23.1. The molecule has 0 aromatic heterocycles. The number of nitrogens with zero attached hydrogens (tertiary/aromatic N) is 6. The molecule has 44 heavy (non-hydrogen) atoms. The average molecular weight is 597 g/mol. The molecule has 3 fully saturated rings. The lowest BCUT2D eigenvalue weighted by Crippen LogP contribution is -2.34. The van der Waals surface area contributed by atoms with E-state index in [4.69, 9.17) is 4.99 Å². The maximum atomic E-state index is 4.70. The van der Waals surface area contributed by atoms with Crippen molar-refractivity contribution >= 4 is 34.8 Å².